The Morgan fingerprint density at radius 2 is 2.11 bits per heavy atom. The summed E-state index contributed by atoms with van der Waals surface area (Å²) < 4.78 is 0. The van der Waals surface area contributed by atoms with Crippen LogP contribution in [0.3, 0.4) is 0 Å². The average molecular weight is 252 g/mol. The predicted molar refractivity (Wildman–Crippen MR) is 70.1 cm³/mol. The van der Waals surface area contributed by atoms with E-state index in [4.69, 9.17) is 0 Å². The molecular weight excluding hydrogens is 228 g/mol. The zero-order valence-electron chi connectivity index (χ0n) is 11.4. The molecule has 0 aromatic rings. The van der Waals surface area contributed by atoms with Gasteiger partial charge in [0, 0.05) is 0 Å². The van der Waals surface area contributed by atoms with Gasteiger partial charge in [-0.2, -0.15) is 0 Å². The van der Waals surface area contributed by atoms with Crippen LogP contribution in [-0.2, 0) is 4.79 Å². The summed E-state index contributed by atoms with van der Waals surface area (Å²) in [6.45, 7) is 8.24. The molecule has 0 aromatic carbocycles. The number of aliphatic carboxylic acids is 1. The van der Waals surface area contributed by atoms with Crippen LogP contribution in [0.1, 0.15) is 46.0 Å². The lowest BCUT2D eigenvalue weighted by Crippen LogP contribution is -2.44. The minimum Gasteiger partial charge on any atom is -0.481 e. The second kappa shape index (κ2) is 4.69. The minimum absolute atomic E-state index is 0.208. The van der Waals surface area contributed by atoms with Crippen LogP contribution in [0.5, 0.6) is 0 Å². The first-order chi connectivity index (χ1) is 8.38. The summed E-state index contributed by atoms with van der Waals surface area (Å²) in [6, 6.07) is 0. The summed E-state index contributed by atoms with van der Waals surface area (Å²) >= 11 is 0. The van der Waals surface area contributed by atoms with Crippen LogP contribution < -0.4 is 0 Å². The standard InChI is InChI=1S/C15H24O3/c1-9(2)11-4-5-12(14(17)18)15(11)7-6-10(3)13(16)8-15/h9,11-13,16H,3-8H2,1-2H3,(H,17,18)/t11-,12+,13-,15-/m0/s1. The lowest BCUT2D eigenvalue weighted by Gasteiger charge is -2.46. The van der Waals surface area contributed by atoms with Gasteiger partial charge in [0.1, 0.15) is 0 Å². The number of hydrogen-bond acceptors (Lipinski definition) is 2. The Hall–Kier alpha value is -0.830. The molecule has 2 rings (SSSR count). The molecule has 3 heteroatoms. The molecule has 4 atom stereocenters. The lowest BCUT2D eigenvalue weighted by molar-refractivity contribution is -0.148. The second-order valence-electron chi connectivity index (χ2n) is 6.43. The highest BCUT2D eigenvalue weighted by Crippen LogP contribution is 2.59. The van der Waals surface area contributed by atoms with E-state index in [1.165, 1.54) is 0 Å². The van der Waals surface area contributed by atoms with Crippen molar-refractivity contribution >= 4 is 5.97 Å². The molecule has 2 aliphatic carbocycles. The van der Waals surface area contributed by atoms with Gasteiger partial charge in [0.25, 0.3) is 0 Å². The van der Waals surface area contributed by atoms with Crippen molar-refractivity contribution in [2.45, 2.75) is 52.1 Å². The Bertz CT molecular complexity index is 361. The molecule has 0 bridgehead atoms. The number of carbonyl (C=O) groups is 1. The zero-order valence-corrected chi connectivity index (χ0v) is 11.4. The maximum absolute atomic E-state index is 11.5. The van der Waals surface area contributed by atoms with E-state index in [-0.39, 0.29) is 11.3 Å². The number of aliphatic hydroxyl groups excluding tert-OH is 1. The Morgan fingerprint density at radius 3 is 2.61 bits per heavy atom. The molecular formula is C15H24O3. The summed E-state index contributed by atoms with van der Waals surface area (Å²) in [5, 5.41) is 19.6. The van der Waals surface area contributed by atoms with E-state index in [1.54, 1.807) is 0 Å². The Labute approximate surface area is 109 Å². The molecule has 0 saturated heterocycles. The third-order valence-corrected chi connectivity index (χ3v) is 5.26. The largest absolute Gasteiger partial charge is 0.481 e. The molecule has 0 radical (unpaired) electrons. The summed E-state index contributed by atoms with van der Waals surface area (Å²) in [4.78, 5) is 11.5. The van der Waals surface area contributed by atoms with Gasteiger partial charge in [-0.15, -0.1) is 0 Å². The van der Waals surface area contributed by atoms with Crippen molar-refractivity contribution in [2.75, 3.05) is 0 Å². The van der Waals surface area contributed by atoms with Gasteiger partial charge < -0.3 is 10.2 Å². The van der Waals surface area contributed by atoms with Crippen molar-refractivity contribution in [2.24, 2.45) is 23.2 Å². The smallest absolute Gasteiger partial charge is 0.307 e. The van der Waals surface area contributed by atoms with Crippen molar-refractivity contribution < 1.29 is 15.0 Å². The van der Waals surface area contributed by atoms with Gasteiger partial charge in [0.15, 0.2) is 0 Å². The monoisotopic (exact) mass is 252 g/mol. The van der Waals surface area contributed by atoms with Crippen molar-refractivity contribution in [3.63, 3.8) is 0 Å². The maximum atomic E-state index is 11.5. The topological polar surface area (TPSA) is 57.5 Å². The lowest BCUT2D eigenvalue weighted by atomic mass is 9.59. The fourth-order valence-electron chi connectivity index (χ4n) is 4.37. The van der Waals surface area contributed by atoms with Crippen LogP contribution in [0.15, 0.2) is 12.2 Å². The van der Waals surface area contributed by atoms with E-state index in [2.05, 4.69) is 20.4 Å². The first-order valence-electron chi connectivity index (χ1n) is 6.97. The molecule has 1 spiro atoms. The highest BCUT2D eigenvalue weighted by molar-refractivity contribution is 5.71. The van der Waals surface area contributed by atoms with Gasteiger partial charge in [0.2, 0.25) is 0 Å². The molecule has 0 heterocycles. The highest BCUT2D eigenvalue weighted by Gasteiger charge is 2.55. The first kappa shape index (κ1) is 13.6. The van der Waals surface area contributed by atoms with Crippen molar-refractivity contribution in [3.8, 4) is 0 Å². The fraction of sp³-hybridized carbons (Fsp3) is 0.800. The van der Waals surface area contributed by atoms with E-state index in [9.17, 15) is 15.0 Å². The van der Waals surface area contributed by atoms with Gasteiger partial charge in [-0.25, -0.2) is 0 Å². The molecule has 2 N–H and O–H groups in total. The number of aliphatic hydroxyl groups is 1. The van der Waals surface area contributed by atoms with Gasteiger partial charge in [-0.05, 0) is 54.9 Å². The molecule has 0 aliphatic heterocycles. The van der Waals surface area contributed by atoms with E-state index in [0.29, 0.717) is 18.3 Å². The molecule has 2 fully saturated rings. The fourth-order valence-corrected chi connectivity index (χ4v) is 4.37. The van der Waals surface area contributed by atoms with Crippen molar-refractivity contribution in [1.82, 2.24) is 0 Å². The Morgan fingerprint density at radius 1 is 1.44 bits per heavy atom. The second-order valence-corrected chi connectivity index (χ2v) is 6.43. The number of hydrogen-bond donors (Lipinski definition) is 2. The van der Waals surface area contributed by atoms with Gasteiger partial charge >= 0.3 is 5.97 Å². The molecule has 2 saturated carbocycles. The number of carboxylic acids is 1. The molecule has 0 unspecified atom stereocenters. The third-order valence-electron chi connectivity index (χ3n) is 5.26. The normalized spacial score (nSPS) is 40.7. The van der Waals surface area contributed by atoms with E-state index < -0.39 is 12.1 Å². The van der Waals surface area contributed by atoms with Crippen LogP contribution in [-0.4, -0.2) is 22.3 Å². The van der Waals surface area contributed by atoms with E-state index in [0.717, 1.165) is 31.3 Å². The van der Waals surface area contributed by atoms with Crippen LogP contribution in [0, 0.1) is 23.2 Å². The van der Waals surface area contributed by atoms with Crippen molar-refractivity contribution in [3.05, 3.63) is 12.2 Å². The predicted octanol–water partition coefficient (Wildman–Crippen LogP) is 2.84. The summed E-state index contributed by atoms with van der Waals surface area (Å²) in [7, 11) is 0. The molecule has 2 aliphatic rings. The molecule has 102 valence electrons. The minimum atomic E-state index is -0.683. The van der Waals surface area contributed by atoms with Gasteiger partial charge in [0.05, 0.1) is 12.0 Å². The molecule has 18 heavy (non-hydrogen) atoms. The quantitative estimate of drug-likeness (QED) is 0.743. The van der Waals surface area contributed by atoms with Crippen LogP contribution >= 0.6 is 0 Å². The summed E-state index contributed by atoms with van der Waals surface area (Å²) in [5.41, 5.74) is 0.666. The third kappa shape index (κ3) is 1.99. The number of carboxylic acid groups (broad SMARTS) is 1. The maximum Gasteiger partial charge on any atom is 0.307 e. The molecule has 0 aromatic heterocycles. The highest BCUT2D eigenvalue weighted by atomic mass is 16.4. The molecule has 0 amide bonds. The average Bonchev–Trinajstić information content (AvgIpc) is 2.63. The van der Waals surface area contributed by atoms with Crippen LogP contribution in [0.4, 0.5) is 0 Å². The van der Waals surface area contributed by atoms with E-state index in [1.807, 2.05) is 0 Å². The number of rotatable bonds is 2. The zero-order chi connectivity index (χ0) is 13.5. The van der Waals surface area contributed by atoms with E-state index >= 15 is 0 Å². The SMILES string of the molecule is C=C1CC[C@@]2(C[C@@H]1O)[C@@H](C(=O)O)CC[C@H]2C(C)C. The first-order valence-corrected chi connectivity index (χ1v) is 6.97. The van der Waals surface area contributed by atoms with Crippen LogP contribution in [0.25, 0.3) is 0 Å². The van der Waals surface area contributed by atoms with Crippen molar-refractivity contribution in [1.29, 1.82) is 0 Å². The Balaban J connectivity index is 2.33. The van der Waals surface area contributed by atoms with Crippen LogP contribution in [0.2, 0.25) is 0 Å². The summed E-state index contributed by atoms with van der Waals surface area (Å²) in [6.07, 6.45) is 3.47. The summed E-state index contributed by atoms with van der Waals surface area (Å²) in [5.74, 6) is -0.0697. The van der Waals surface area contributed by atoms with Gasteiger partial charge in [-0.1, -0.05) is 20.4 Å². The molecule has 3 nitrogen and oxygen atoms in total. The van der Waals surface area contributed by atoms with Gasteiger partial charge in [-0.3, -0.25) is 4.79 Å². The Kier molecular flexibility index (Phi) is 3.54.